The van der Waals surface area contributed by atoms with Crippen LogP contribution >= 0.6 is 0 Å². The minimum atomic E-state index is -0.986. The molecule has 20 heavy (non-hydrogen) atoms. The van der Waals surface area contributed by atoms with E-state index >= 15 is 0 Å². The summed E-state index contributed by atoms with van der Waals surface area (Å²) < 4.78 is 14.0. The van der Waals surface area contributed by atoms with E-state index in [1.807, 2.05) is 0 Å². The van der Waals surface area contributed by atoms with Gasteiger partial charge in [-0.1, -0.05) is 0 Å². The van der Waals surface area contributed by atoms with Gasteiger partial charge < -0.3 is 14.2 Å². The second-order valence-corrected chi connectivity index (χ2v) is 1.41. The van der Waals surface area contributed by atoms with Crippen molar-refractivity contribution < 1.29 is 407 Å². The van der Waals surface area contributed by atoms with Gasteiger partial charge in [-0.15, -0.1) is 0 Å². The first-order valence-electron chi connectivity index (χ1n) is 2.22. The minimum absolute atomic E-state index is 0. The Morgan fingerprint density at radius 3 is 0.700 bits per heavy atom. The van der Waals surface area contributed by atoms with Crippen LogP contribution in [0.15, 0.2) is 0 Å². The number of methoxy groups -OCH3 is 2. The molecule has 0 bridgehead atoms. The van der Waals surface area contributed by atoms with Crippen molar-refractivity contribution in [1.29, 1.82) is 0 Å². The standard InChI is InChI=1S/C5H11O3.12Y/c1-5(6-2,7-3)8-4;;;;;;;;;;;;/h2H2,1,3-4H3;;;;;;;;;;;;/q-1;;;;;;;;;;;;. The summed E-state index contributed by atoms with van der Waals surface area (Å²) >= 11 is 0. The third-order valence-electron chi connectivity index (χ3n) is 1.00. The Kier molecular flexibility index (Phi) is 268. The van der Waals surface area contributed by atoms with Crippen molar-refractivity contribution >= 4 is 0 Å². The molecule has 15 heteroatoms. The van der Waals surface area contributed by atoms with Gasteiger partial charge in [-0.3, -0.25) is 0 Å². The van der Waals surface area contributed by atoms with Crippen molar-refractivity contribution in [1.82, 2.24) is 0 Å². The number of ether oxygens (including phenoxy) is 3. The van der Waals surface area contributed by atoms with Gasteiger partial charge in [-0.2, -0.15) is 0 Å². The molecular formula is C5H11O3Y12-. The summed E-state index contributed by atoms with van der Waals surface area (Å²) in [6, 6.07) is 0. The van der Waals surface area contributed by atoms with E-state index in [4.69, 9.17) is 9.47 Å². The monoisotopic (exact) mass is 1190 g/mol. The molecule has 12 radical (unpaired) electrons. The normalized spacial score (nSPS) is 4.80. The van der Waals surface area contributed by atoms with Crippen LogP contribution < -0.4 is 0 Å². The SMILES string of the molecule is [CH2-]OC(C)(OC)OC.[Y].[Y].[Y].[Y].[Y].[Y].[Y].[Y].[Y].[Y].[Y].[Y]. The van der Waals surface area contributed by atoms with Gasteiger partial charge in [0.1, 0.15) is 0 Å². The molecule has 86 valence electrons. The molecule has 0 rings (SSSR count). The van der Waals surface area contributed by atoms with Gasteiger partial charge in [0.15, 0.2) is 0 Å². The van der Waals surface area contributed by atoms with Crippen molar-refractivity contribution in [3.05, 3.63) is 7.11 Å². The second kappa shape index (κ2) is 63.6. The summed E-state index contributed by atoms with van der Waals surface area (Å²) in [4.78, 5) is 0. The molecule has 0 spiro atoms. The fourth-order valence-corrected chi connectivity index (χ4v) is 0.201. The molecule has 0 heterocycles. The Labute approximate surface area is 426 Å². The molecule has 0 aromatic carbocycles. The molecule has 3 nitrogen and oxygen atoms in total. The smallest absolute Gasteiger partial charge is 0.249 e. The van der Waals surface area contributed by atoms with Crippen LogP contribution in [0.4, 0.5) is 0 Å². The minimum Gasteiger partial charge on any atom is -0.509 e. The number of hydrogen-bond acceptors (Lipinski definition) is 3. The van der Waals surface area contributed by atoms with Crippen LogP contribution in [-0.2, 0) is 407 Å². The van der Waals surface area contributed by atoms with E-state index in [-0.39, 0.29) is 393 Å². The van der Waals surface area contributed by atoms with Crippen LogP contribution in [0.3, 0.4) is 0 Å². The predicted molar refractivity (Wildman–Crippen MR) is 28.9 cm³/mol. The summed E-state index contributed by atoms with van der Waals surface area (Å²) in [5.41, 5.74) is 0. The largest absolute Gasteiger partial charge is 0.509 e. The summed E-state index contributed by atoms with van der Waals surface area (Å²) in [6.45, 7) is 1.62. The third kappa shape index (κ3) is 57.7. The van der Waals surface area contributed by atoms with Gasteiger partial charge in [0.25, 0.3) is 0 Å². The van der Waals surface area contributed by atoms with Crippen LogP contribution in [0.25, 0.3) is 0 Å². The van der Waals surface area contributed by atoms with E-state index in [9.17, 15) is 0 Å². The molecular weight excluding hydrogens is 1170 g/mol. The van der Waals surface area contributed by atoms with Crippen molar-refractivity contribution in [2.24, 2.45) is 0 Å². The maximum atomic E-state index is 4.73. The quantitative estimate of drug-likeness (QED) is 0.309. The fraction of sp³-hybridized carbons (Fsp3) is 0.800. The zero-order valence-electron chi connectivity index (χ0n) is 12.4. The van der Waals surface area contributed by atoms with E-state index in [2.05, 4.69) is 11.8 Å². The average molecular weight is 1190 g/mol. The Balaban J connectivity index is -0.00000000371. The van der Waals surface area contributed by atoms with Gasteiger partial charge in [-0.25, -0.2) is 7.11 Å². The van der Waals surface area contributed by atoms with Crippen molar-refractivity contribution in [3.63, 3.8) is 0 Å². The molecule has 0 fully saturated rings. The van der Waals surface area contributed by atoms with E-state index in [0.717, 1.165) is 0 Å². The predicted octanol–water partition coefficient (Wildman–Crippen LogP) is 0.731. The zero-order valence-corrected chi connectivity index (χ0v) is 46.4. The van der Waals surface area contributed by atoms with Gasteiger partial charge in [0.05, 0.1) is 0 Å². The summed E-state index contributed by atoms with van der Waals surface area (Å²) in [5, 5.41) is 0. The molecule has 0 amide bonds. The Hall–Kier alpha value is 13.1. The van der Waals surface area contributed by atoms with Crippen LogP contribution in [0, 0.1) is 7.11 Å². The summed E-state index contributed by atoms with van der Waals surface area (Å²) in [5.74, 6) is -0.986. The third-order valence-corrected chi connectivity index (χ3v) is 1.00. The number of hydrogen-bond donors (Lipinski definition) is 0. The van der Waals surface area contributed by atoms with Crippen molar-refractivity contribution in [2.45, 2.75) is 12.9 Å². The van der Waals surface area contributed by atoms with Gasteiger partial charge >= 0.3 is 0 Å². The van der Waals surface area contributed by atoms with E-state index in [1.54, 1.807) is 6.92 Å². The van der Waals surface area contributed by atoms with Crippen LogP contribution in [0.5, 0.6) is 0 Å². The molecule has 0 aliphatic carbocycles. The van der Waals surface area contributed by atoms with Crippen molar-refractivity contribution in [3.8, 4) is 0 Å². The molecule has 0 atom stereocenters. The molecule has 0 saturated heterocycles. The average Bonchev–Trinajstić information content (AvgIpc) is 1.87. The molecule has 0 aliphatic heterocycles. The Bertz CT molecular complexity index is 69.8. The van der Waals surface area contributed by atoms with E-state index in [0.29, 0.717) is 0 Å². The second-order valence-electron chi connectivity index (χ2n) is 1.41. The maximum Gasteiger partial charge on any atom is 0.249 e. The first kappa shape index (κ1) is 84.4. The maximum absolute atomic E-state index is 4.73. The summed E-state index contributed by atoms with van der Waals surface area (Å²) in [7, 11) is 6.11. The molecule has 0 N–H and O–H groups in total. The fourth-order valence-electron chi connectivity index (χ4n) is 0.201. The first-order chi connectivity index (χ1) is 3.68. The van der Waals surface area contributed by atoms with Crippen molar-refractivity contribution in [2.75, 3.05) is 14.2 Å². The molecule has 0 aliphatic rings. The molecule has 0 aromatic heterocycles. The van der Waals surface area contributed by atoms with Crippen LogP contribution in [0.1, 0.15) is 6.92 Å². The van der Waals surface area contributed by atoms with Crippen LogP contribution in [0.2, 0.25) is 0 Å². The Morgan fingerprint density at radius 1 is 0.550 bits per heavy atom. The molecule has 0 unspecified atom stereocenters. The van der Waals surface area contributed by atoms with Gasteiger partial charge in [0.2, 0.25) is 5.97 Å². The molecule has 0 aromatic rings. The van der Waals surface area contributed by atoms with E-state index in [1.165, 1.54) is 14.2 Å². The number of rotatable bonds is 3. The summed E-state index contributed by atoms with van der Waals surface area (Å²) in [6.07, 6.45) is 0. The van der Waals surface area contributed by atoms with Gasteiger partial charge in [0, 0.05) is 414 Å². The molecule has 0 saturated carbocycles. The van der Waals surface area contributed by atoms with Crippen LogP contribution in [-0.4, -0.2) is 20.2 Å². The van der Waals surface area contributed by atoms with Gasteiger partial charge in [-0.05, 0) is 0 Å². The Morgan fingerprint density at radius 2 is 0.700 bits per heavy atom. The topological polar surface area (TPSA) is 27.7 Å². The zero-order chi connectivity index (χ0) is 6.62. The first-order valence-corrected chi connectivity index (χ1v) is 2.22. The van der Waals surface area contributed by atoms with E-state index < -0.39 is 5.97 Å².